The molecule has 0 radical (unpaired) electrons. The van der Waals surface area contributed by atoms with Crippen molar-refractivity contribution < 1.29 is 9.84 Å². The molecule has 1 unspecified atom stereocenters. The van der Waals surface area contributed by atoms with Crippen LogP contribution in [0.1, 0.15) is 17.5 Å². The van der Waals surface area contributed by atoms with E-state index in [0.717, 1.165) is 24.2 Å². The first-order valence-corrected chi connectivity index (χ1v) is 6.63. The van der Waals surface area contributed by atoms with Crippen LogP contribution in [-0.2, 0) is 12.8 Å². The number of benzene rings is 2. The predicted molar refractivity (Wildman–Crippen MR) is 77.5 cm³/mol. The van der Waals surface area contributed by atoms with Gasteiger partial charge in [-0.3, -0.25) is 0 Å². The van der Waals surface area contributed by atoms with Gasteiger partial charge in [-0.1, -0.05) is 48.5 Å². The Hall–Kier alpha value is -1.80. The van der Waals surface area contributed by atoms with Crippen LogP contribution >= 0.6 is 0 Å². The minimum Gasteiger partial charge on any atom is -0.496 e. The van der Waals surface area contributed by atoms with Gasteiger partial charge in [-0.25, -0.2) is 0 Å². The fourth-order valence-electron chi connectivity index (χ4n) is 2.21. The van der Waals surface area contributed by atoms with E-state index in [2.05, 4.69) is 12.1 Å². The van der Waals surface area contributed by atoms with E-state index < -0.39 is 0 Å². The smallest absolute Gasteiger partial charge is 0.122 e. The molecule has 0 aliphatic heterocycles. The molecule has 2 heteroatoms. The summed E-state index contributed by atoms with van der Waals surface area (Å²) < 4.78 is 5.30. The first-order valence-electron chi connectivity index (χ1n) is 6.63. The number of para-hydroxylation sites is 1. The van der Waals surface area contributed by atoms with E-state index in [1.165, 1.54) is 5.56 Å². The van der Waals surface area contributed by atoms with Crippen LogP contribution in [0.3, 0.4) is 0 Å². The van der Waals surface area contributed by atoms with Gasteiger partial charge >= 0.3 is 0 Å². The topological polar surface area (TPSA) is 29.5 Å². The Balaban J connectivity index is 1.89. The maximum absolute atomic E-state index is 10.1. The van der Waals surface area contributed by atoms with Crippen molar-refractivity contribution in [2.45, 2.75) is 25.4 Å². The normalized spacial score (nSPS) is 12.1. The molecule has 0 saturated heterocycles. The Kier molecular flexibility index (Phi) is 4.99. The second-order valence-electron chi connectivity index (χ2n) is 4.69. The predicted octanol–water partition coefficient (Wildman–Crippen LogP) is 3.23. The summed E-state index contributed by atoms with van der Waals surface area (Å²) in [6.45, 7) is 0. The third kappa shape index (κ3) is 4.11. The van der Waals surface area contributed by atoms with Gasteiger partial charge in [-0.15, -0.1) is 0 Å². The maximum atomic E-state index is 10.1. The Labute approximate surface area is 114 Å². The Bertz CT molecular complexity index is 494. The van der Waals surface area contributed by atoms with Crippen LogP contribution in [0.2, 0.25) is 0 Å². The number of aryl methyl sites for hydroxylation is 1. The zero-order valence-electron chi connectivity index (χ0n) is 11.3. The van der Waals surface area contributed by atoms with Gasteiger partial charge in [0.25, 0.3) is 0 Å². The van der Waals surface area contributed by atoms with Gasteiger partial charge in [0.1, 0.15) is 5.75 Å². The Morgan fingerprint density at radius 1 is 1.00 bits per heavy atom. The molecule has 0 bridgehead atoms. The molecule has 0 fully saturated rings. The maximum Gasteiger partial charge on any atom is 0.122 e. The third-order valence-electron chi connectivity index (χ3n) is 3.26. The summed E-state index contributed by atoms with van der Waals surface area (Å²) in [4.78, 5) is 0. The SMILES string of the molecule is COc1ccccc1CC(O)CCc1ccccc1. The third-order valence-corrected chi connectivity index (χ3v) is 3.26. The van der Waals surface area contributed by atoms with Gasteiger partial charge in [0.2, 0.25) is 0 Å². The van der Waals surface area contributed by atoms with Crippen molar-refractivity contribution in [2.75, 3.05) is 7.11 Å². The molecule has 0 spiro atoms. The lowest BCUT2D eigenvalue weighted by atomic mass is 10.0. The van der Waals surface area contributed by atoms with Crippen LogP contribution < -0.4 is 4.74 Å². The van der Waals surface area contributed by atoms with Crippen LogP contribution in [0.5, 0.6) is 5.75 Å². The molecule has 0 saturated carbocycles. The summed E-state index contributed by atoms with van der Waals surface area (Å²) in [6.07, 6.45) is 1.97. The molecule has 2 aromatic carbocycles. The van der Waals surface area contributed by atoms with Crippen LogP contribution in [0.25, 0.3) is 0 Å². The second-order valence-corrected chi connectivity index (χ2v) is 4.69. The molecule has 0 aliphatic rings. The van der Waals surface area contributed by atoms with Gasteiger partial charge in [-0.2, -0.15) is 0 Å². The molecule has 2 aromatic rings. The molecule has 2 nitrogen and oxygen atoms in total. The van der Waals surface area contributed by atoms with Crippen molar-refractivity contribution in [3.63, 3.8) is 0 Å². The van der Waals surface area contributed by atoms with Crippen molar-refractivity contribution >= 4 is 0 Å². The summed E-state index contributed by atoms with van der Waals surface area (Å²) in [5, 5.41) is 10.1. The van der Waals surface area contributed by atoms with Gasteiger partial charge < -0.3 is 9.84 Å². The van der Waals surface area contributed by atoms with Gasteiger partial charge in [-0.05, 0) is 30.0 Å². The van der Waals surface area contributed by atoms with E-state index >= 15 is 0 Å². The lowest BCUT2D eigenvalue weighted by Crippen LogP contribution is -2.12. The second kappa shape index (κ2) is 6.95. The summed E-state index contributed by atoms with van der Waals surface area (Å²) >= 11 is 0. The molecular formula is C17H20O2. The average molecular weight is 256 g/mol. The number of hydrogen-bond donors (Lipinski definition) is 1. The number of aliphatic hydroxyl groups is 1. The first kappa shape index (κ1) is 13.6. The van der Waals surface area contributed by atoms with E-state index in [0.29, 0.717) is 6.42 Å². The summed E-state index contributed by atoms with van der Waals surface area (Å²) in [5.74, 6) is 0.848. The van der Waals surface area contributed by atoms with Crippen molar-refractivity contribution in [3.05, 3.63) is 65.7 Å². The summed E-state index contributed by atoms with van der Waals surface area (Å²) in [7, 11) is 1.66. The summed E-state index contributed by atoms with van der Waals surface area (Å²) in [5.41, 5.74) is 2.33. The highest BCUT2D eigenvalue weighted by atomic mass is 16.5. The van der Waals surface area contributed by atoms with Gasteiger partial charge in [0.15, 0.2) is 0 Å². The van der Waals surface area contributed by atoms with Crippen LogP contribution in [-0.4, -0.2) is 18.3 Å². The molecule has 19 heavy (non-hydrogen) atoms. The zero-order chi connectivity index (χ0) is 13.5. The number of hydrogen-bond acceptors (Lipinski definition) is 2. The number of rotatable bonds is 6. The lowest BCUT2D eigenvalue weighted by molar-refractivity contribution is 0.164. The molecule has 0 heterocycles. The van der Waals surface area contributed by atoms with Crippen LogP contribution in [0.4, 0.5) is 0 Å². The van der Waals surface area contributed by atoms with Crippen molar-refractivity contribution in [2.24, 2.45) is 0 Å². The Morgan fingerprint density at radius 2 is 1.68 bits per heavy atom. The van der Waals surface area contributed by atoms with Crippen LogP contribution in [0, 0.1) is 0 Å². The molecule has 0 aromatic heterocycles. The minimum absolute atomic E-state index is 0.337. The van der Waals surface area contributed by atoms with E-state index in [4.69, 9.17) is 4.74 Å². The quantitative estimate of drug-likeness (QED) is 0.859. The highest BCUT2D eigenvalue weighted by Gasteiger charge is 2.09. The minimum atomic E-state index is -0.337. The number of ether oxygens (including phenoxy) is 1. The summed E-state index contributed by atoms with van der Waals surface area (Å²) in [6, 6.07) is 18.1. The lowest BCUT2D eigenvalue weighted by Gasteiger charge is -2.13. The van der Waals surface area contributed by atoms with E-state index in [-0.39, 0.29) is 6.10 Å². The molecule has 0 amide bonds. The van der Waals surface area contributed by atoms with E-state index in [9.17, 15) is 5.11 Å². The average Bonchev–Trinajstić information content (AvgIpc) is 2.47. The largest absolute Gasteiger partial charge is 0.496 e. The first-order chi connectivity index (χ1) is 9.29. The molecule has 100 valence electrons. The van der Waals surface area contributed by atoms with Crippen molar-refractivity contribution in [1.29, 1.82) is 0 Å². The van der Waals surface area contributed by atoms with Gasteiger partial charge in [0.05, 0.1) is 13.2 Å². The molecule has 0 aliphatic carbocycles. The van der Waals surface area contributed by atoms with E-state index in [1.54, 1.807) is 7.11 Å². The number of aliphatic hydroxyl groups excluding tert-OH is 1. The highest BCUT2D eigenvalue weighted by Crippen LogP contribution is 2.20. The fourth-order valence-corrected chi connectivity index (χ4v) is 2.21. The zero-order valence-corrected chi connectivity index (χ0v) is 11.3. The van der Waals surface area contributed by atoms with Crippen molar-refractivity contribution in [3.8, 4) is 5.75 Å². The molecule has 1 N–H and O–H groups in total. The van der Waals surface area contributed by atoms with Crippen molar-refractivity contribution in [1.82, 2.24) is 0 Å². The van der Waals surface area contributed by atoms with Crippen LogP contribution in [0.15, 0.2) is 54.6 Å². The van der Waals surface area contributed by atoms with Gasteiger partial charge in [0, 0.05) is 6.42 Å². The molecular weight excluding hydrogens is 236 g/mol. The Morgan fingerprint density at radius 3 is 2.42 bits per heavy atom. The fraction of sp³-hybridized carbons (Fsp3) is 0.294. The number of methoxy groups -OCH3 is 1. The molecule has 1 atom stereocenters. The molecule has 2 rings (SSSR count). The van der Waals surface area contributed by atoms with E-state index in [1.807, 2.05) is 42.5 Å². The standard InChI is InChI=1S/C17H20O2/c1-19-17-10-6-5-9-15(17)13-16(18)12-11-14-7-3-2-4-8-14/h2-10,16,18H,11-13H2,1H3. The highest BCUT2D eigenvalue weighted by molar-refractivity contribution is 5.33. The monoisotopic (exact) mass is 256 g/mol.